The maximum absolute atomic E-state index is 12.7. The lowest BCUT2D eigenvalue weighted by atomic mass is 10.3. The number of para-hydroxylation sites is 2. The quantitative estimate of drug-likeness (QED) is 0.370. The van der Waals surface area contributed by atoms with Gasteiger partial charge in [0.2, 0.25) is 0 Å². The number of non-ortho nitro benzene ring substituents is 1. The van der Waals surface area contributed by atoms with Gasteiger partial charge in [-0.2, -0.15) is 4.99 Å². The number of ether oxygens (including phenoxy) is 1. The zero-order chi connectivity index (χ0) is 20.4. The third-order valence-corrected chi connectivity index (χ3v) is 5.30. The number of nitro groups is 1. The normalized spacial score (nSPS) is 12.0. The summed E-state index contributed by atoms with van der Waals surface area (Å²) in [6, 6.07) is 11.8. The van der Waals surface area contributed by atoms with Gasteiger partial charge in [-0.3, -0.25) is 19.9 Å². The molecule has 0 atom stereocenters. The van der Waals surface area contributed by atoms with Crippen molar-refractivity contribution in [3.05, 3.63) is 69.3 Å². The maximum atomic E-state index is 12.7. The van der Waals surface area contributed by atoms with Gasteiger partial charge in [-0.05, 0) is 18.2 Å². The van der Waals surface area contributed by atoms with Crippen LogP contribution in [0.2, 0.25) is 0 Å². The van der Waals surface area contributed by atoms with Crippen LogP contribution >= 0.6 is 11.3 Å². The number of hydrogen-bond donors (Lipinski definition) is 0. The van der Waals surface area contributed by atoms with Gasteiger partial charge in [0.1, 0.15) is 5.69 Å². The van der Waals surface area contributed by atoms with E-state index in [1.807, 2.05) is 18.2 Å². The Morgan fingerprint density at radius 2 is 2.07 bits per heavy atom. The molecule has 0 bridgehead atoms. The van der Waals surface area contributed by atoms with Crippen LogP contribution < -0.4 is 4.80 Å². The molecule has 10 heteroatoms. The number of fused-ring (bicyclic) bond motifs is 2. The van der Waals surface area contributed by atoms with Gasteiger partial charge in [0.05, 0.1) is 39.0 Å². The molecule has 0 N–H and O–H groups in total. The minimum absolute atomic E-state index is 0.0177. The molecular formula is C19H15N5O4S. The van der Waals surface area contributed by atoms with Gasteiger partial charge in [-0.15, -0.1) is 0 Å². The number of rotatable bonds is 5. The Labute approximate surface area is 168 Å². The number of thiazole rings is 1. The van der Waals surface area contributed by atoms with Crippen molar-refractivity contribution in [3.63, 3.8) is 0 Å². The maximum Gasteiger partial charge on any atom is 0.299 e. The van der Waals surface area contributed by atoms with Crippen molar-refractivity contribution >= 4 is 44.2 Å². The molecule has 2 aromatic carbocycles. The molecule has 0 saturated carbocycles. The van der Waals surface area contributed by atoms with Gasteiger partial charge >= 0.3 is 0 Å². The molecule has 4 aromatic rings. The van der Waals surface area contributed by atoms with E-state index in [0.29, 0.717) is 33.7 Å². The summed E-state index contributed by atoms with van der Waals surface area (Å²) in [4.78, 5) is 36.5. The topological polar surface area (TPSA) is 113 Å². The van der Waals surface area contributed by atoms with Crippen molar-refractivity contribution in [1.82, 2.24) is 14.5 Å². The van der Waals surface area contributed by atoms with E-state index in [1.54, 1.807) is 23.8 Å². The minimum atomic E-state index is -0.532. The zero-order valence-corrected chi connectivity index (χ0v) is 16.1. The number of nitro benzene ring substituents is 1. The second kappa shape index (κ2) is 7.86. The van der Waals surface area contributed by atoms with Gasteiger partial charge in [-0.25, -0.2) is 4.98 Å². The number of amides is 1. The minimum Gasteiger partial charge on any atom is -0.383 e. The summed E-state index contributed by atoms with van der Waals surface area (Å²) in [5.74, 6) is -0.532. The van der Waals surface area contributed by atoms with Crippen molar-refractivity contribution in [2.45, 2.75) is 6.54 Å². The van der Waals surface area contributed by atoms with E-state index in [1.165, 1.54) is 29.7 Å². The van der Waals surface area contributed by atoms with Crippen LogP contribution in [0.25, 0.3) is 21.3 Å². The van der Waals surface area contributed by atoms with E-state index in [2.05, 4.69) is 15.0 Å². The Morgan fingerprint density at radius 3 is 2.83 bits per heavy atom. The van der Waals surface area contributed by atoms with Gasteiger partial charge in [0.15, 0.2) is 4.80 Å². The lowest BCUT2D eigenvalue weighted by Gasteiger charge is -2.04. The molecule has 9 nitrogen and oxygen atoms in total. The number of aromatic nitrogens is 3. The predicted octanol–water partition coefficient (Wildman–Crippen LogP) is 2.94. The lowest BCUT2D eigenvalue weighted by molar-refractivity contribution is -0.384. The van der Waals surface area contributed by atoms with Gasteiger partial charge in [0.25, 0.3) is 11.6 Å². The summed E-state index contributed by atoms with van der Waals surface area (Å²) >= 11 is 1.20. The summed E-state index contributed by atoms with van der Waals surface area (Å²) in [5.41, 5.74) is 2.15. The van der Waals surface area contributed by atoms with Gasteiger partial charge in [0, 0.05) is 25.8 Å². The molecule has 0 aliphatic heterocycles. The molecule has 0 unspecified atom stereocenters. The SMILES string of the molecule is COCCn1c(=NC(=O)c2cnc3ccccc3n2)sc2cc([N+](=O)[O-])ccc21. The van der Waals surface area contributed by atoms with E-state index < -0.39 is 10.8 Å². The van der Waals surface area contributed by atoms with Crippen LogP contribution in [0.4, 0.5) is 5.69 Å². The number of hydrogen-bond acceptors (Lipinski definition) is 7. The number of nitrogens with zero attached hydrogens (tertiary/aromatic N) is 5. The van der Waals surface area contributed by atoms with Crippen LogP contribution in [0.15, 0.2) is 53.7 Å². The van der Waals surface area contributed by atoms with E-state index >= 15 is 0 Å². The van der Waals surface area contributed by atoms with Crippen molar-refractivity contribution in [2.24, 2.45) is 4.99 Å². The molecule has 29 heavy (non-hydrogen) atoms. The molecular weight excluding hydrogens is 394 g/mol. The fraction of sp³-hybridized carbons (Fsp3) is 0.158. The van der Waals surface area contributed by atoms with E-state index in [0.717, 1.165) is 5.52 Å². The number of benzene rings is 2. The molecule has 4 rings (SSSR count). The Kier molecular flexibility index (Phi) is 5.10. The molecule has 0 aliphatic rings. The van der Waals surface area contributed by atoms with Crippen LogP contribution in [0.5, 0.6) is 0 Å². The average molecular weight is 409 g/mol. The number of carbonyl (C=O) groups excluding carboxylic acids is 1. The molecule has 0 aliphatic carbocycles. The molecule has 0 radical (unpaired) electrons. The summed E-state index contributed by atoms with van der Waals surface area (Å²) in [6.45, 7) is 0.851. The highest BCUT2D eigenvalue weighted by atomic mass is 32.1. The molecule has 1 amide bonds. The van der Waals surface area contributed by atoms with Gasteiger partial charge in [-0.1, -0.05) is 23.5 Å². The fourth-order valence-corrected chi connectivity index (χ4v) is 3.95. The largest absolute Gasteiger partial charge is 0.383 e. The first kappa shape index (κ1) is 18.8. The van der Waals surface area contributed by atoms with Crippen LogP contribution in [0.3, 0.4) is 0 Å². The molecule has 0 fully saturated rings. The summed E-state index contributed by atoms with van der Waals surface area (Å²) < 4.78 is 7.61. The average Bonchev–Trinajstić information content (AvgIpc) is 3.07. The van der Waals surface area contributed by atoms with Crippen LogP contribution in [-0.2, 0) is 11.3 Å². The monoisotopic (exact) mass is 409 g/mol. The van der Waals surface area contributed by atoms with Crippen molar-refractivity contribution in [3.8, 4) is 0 Å². The zero-order valence-electron chi connectivity index (χ0n) is 15.3. The van der Waals surface area contributed by atoms with Crippen molar-refractivity contribution in [2.75, 3.05) is 13.7 Å². The summed E-state index contributed by atoms with van der Waals surface area (Å²) in [6.07, 6.45) is 1.39. The Bertz CT molecular complexity index is 1310. The van der Waals surface area contributed by atoms with Crippen molar-refractivity contribution < 1.29 is 14.5 Å². The first-order valence-corrected chi connectivity index (χ1v) is 9.46. The predicted molar refractivity (Wildman–Crippen MR) is 108 cm³/mol. The number of carbonyl (C=O) groups is 1. The van der Waals surface area contributed by atoms with E-state index in [9.17, 15) is 14.9 Å². The fourth-order valence-electron chi connectivity index (χ4n) is 2.86. The van der Waals surface area contributed by atoms with Crippen LogP contribution in [0.1, 0.15) is 10.5 Å². The molecule has 0 saturated heterocycles. The summed E-state index contributed by atoms with van der Waals surface area (Å²) in [5, 5.41) is 11.1. The highest BCUT2D eigenvalue weighted by Gasteiger charge is 2.14. The lowest BCUT2D eigenvalue weighted by Crippen LogP contribution is -2.19. The van der Waals surface area contributed by atoms with Crippen LogP contribution in [0, 0.1) is 10.1 Å². The van der Waals surface area contributed by atoms with E-state index in [4.69, 9.17) is 4.74 Å². The second-order valence-corrected chi connectivity index (χ2v) is 7.11. The Hall–Kier alpha value is -3.50. The molecule has 2 heterocycles. The summed E-state index contributed by atoms with van der Waals surface area (Å²) in [7, 11) is 1.58. The van der Waals surface area contributed by atoms with Gasteiger partial charge < -0.3 is 9.30 Å². The third kappa shape index (κ3) is 3.75. The molecule has 2 aromatic heterocycles. The first-order chi connectivity index (χ1) is 14.1. The number of methoxy groups -OCH3 is 1. The van der Waals surface area contributed by atoms with Crippen LogP contribution in [-0.4, -0.2) is 39.1 Å². The Balaban J connectivity index is 1.82. The second-order valence-electron chi connectivity index (χ2n) is 6.10. The first-order valence-electron chi connectivity index (χ1n) is 8.64. The third-order valence-electron chi connectivity index (χ3n) is 4.26. The highest BCUT2D eigenvalue weighted by Crippen LogP contribution is 2.23. The van der Waals surface area contributed by atoms with E-state index in [-0.39, 0.29) is 11.4 Å². The smallest absolute Gasteiger partial charge is 0.299 e. The highest BCUT2D eigenvalue weighted by molar-refractivity contribution is 7.16. The Morgan fingerprint density at radius 1 is 1.28 bits per heavy atom. The standard InChI is InChI=1S/C19H15N5O4S/c1-28-9-8-23-16-7-6-12(24(26)27)10-17(16)29-19(23)22-18(25)15-11-20-13-4-2-3-5-14(13)21-15/h2-7,10-11H,8-9H2,1H3. The molecule has 0 spiro atoms. The van der Waals surface area contributed by atoms with Crippen molar-refractivity contribution in [1.29, 1.82) is 0 Å². The molecule has 146 valence electrons.